The van der Waals surface area contributed by atoms with Gasteiger partial charge in [0, 0.05) is 17.5 Å². The van der Waals surface area contributed by atoms with Gasteiger partial charge in [-0.25, -0.2) is 9.97 Å². The van der Waals surface area contributed by atoms with Crippen LogP contribution in [-0.4, -0.2) is 16.0 Å². The molecule has 0 amide bonds. The van der Waals surface area contributed by atoms with Crippen molar-refractivity contribution in [2.45, 2.75) is 65.3 Å². The van der Waals surface area contributed by atoms with E-state index in [2.05, 4.69) is 49.9 Å². The molecular weight excluding hydrogens is 236 g/mol. The molecule has 0 aromatic carbocycles. The van der Waals surface area contributed by atoms with Crippen LogP contribution < -0.4 is 11.1 Å². The predicted molar refractivity (Wildman–Crippen MR) is 80.2 cm³/mol. The average Bonchev–Trinajstić information content (AvgIpc) is 2.56. The topological polar surface area (TPSA) is 63.8 Å². The van der Waals surface area contributed by atoms with Crippen LogP contribution in [0.25, 0.3) is 0 Å². The molecule has 4 heteroatoms. The van der Waals surface area contributed by atoms with Crippen LogP contribution in [-0.2, 0) is 5.41 Å². The molecule has 1 saturated carbocycles. The SMILES string of the molecule is CC(C)(C)c1nc(N)cc(NC2CCCC2(C)C)n1. The van der Waals surface area contributed by atoms with Crippen molar-refractivity contribution in [3.05, 3.63) is 11.9 Å². The normalized spacial score (nSPS) is 22.5. The summed E-state index contributed by atoms with van der Waals surface area (Å²) in [6.45, 7) is 10.9. The molecule has 1 fully saturated rings. The molecule has 1 aliphatic carbocycles. The van der Waals surface area contributed by atoms with Gasteiger partial charge in [0.25, 0.3) is 0 Å². The average molecular weight is 262 g/mol. The molecule has 19 heavy (non-hydrogen) atoms. The summed E-state index contributed by atoms with van der Waals surface area (Å²) in [7, 11) is 0. The van der Waals surface area contributed by atoms with Gasteiger partial charge < -0.3 is 11.1 Å². The van der Waals surface area contributed by atoms with Crippen molar-refractivity contribution in [1.29, 1.82) is 0 Å². The van der Waals surface area contributed by atoms with E-state index in [1.165, 1.54) is 19.3 Å². The fraction of sp³-hybridized carbons (Fsp3) is 0.733. The van der Waals surface area contributed by atoms with Crippen molar-refractivity contribution in [2.24, 2.45) is 5.41 Å². The van der Waals surface area contributed by atoms with E-state index >= 15 is 0 Å². The largest absolute Gasteiger partial charge is 0.384 e. The first-order chi connectivity index (χ1) is 8.68. The molecule has 0 bridgehead atoms. The molecule has 3 N–H and O–H groups in total. The van der Waals surface area contributed by atoms with Crippen LogP contribution >= 0.6 is 0 Å². The molecule has 1 aromatic rings. The second-order valence-electron chi connectivity index (χ2n) is 7.33. The second-order valence-corrected chi connectivity index (χ2v) is 7.33. The van der Waals surface area contributed by atoms with Crippen molar-refractivity contribution in [3.63, 3.8) is 0 Å². The third-order valence-corrected chi connectivity index (χ3v) is 4.00. The zero-order valence-electron chi connectivity index (χ0n) is 12.7. The van der Waals surface area contributed by atoms with Crippen molar-refractivity contribution >= 4 is 11.6 Å². The Kier molecular flexibility index (Phi) is 3.45. The van der Waals surface area contributed by atoms with Crippen molar-refractivity contribution in [2.75, 3.05) is 11.1 Å². The van der Waals surface area contributed by atoms with E-state index in [0.29, 0.717) is 17.3 Å². The summed E-state index contributed by atoms with van der Waals surface area (Å²) >= 11 is 0. The van der Waals surface area contributed by atoms with Gasteiger partial charge >= 0.3 is 0 Å². The summed E-state index contributed by atoms with van der Waals surface area (Å²) in [5, 5.41) is 3.55. The maximum Gasteiger partial charge on any atom is 0.138 e. The minimum absolute atomic E-state index is 0.0863. The Balaban J connectivity index is 2.24. The van der Waals surface area contributed by atoms with E-state index in [9.17, 15) is 0 Å². The molecular formula is C15H26N4. The Hall–Kier alpha value is -1.32. The van der Waals surface area contributed by atoms with Crippen LogP contribution in [0.4, 0.5) is 11.6 Å². The lowest BCUT2D eigenvalue weighted by molar-refractivity contribution is 0.349. The highest BCUT2D eigenvalue weighted by molar-refractivity contribution is 5.46. The zero-order chi connectivity index (χ0) is 14.3. The molecule has 0 aliphatic heterocycles. The van der Waals surface area contributed by atoms with E-state index in [4.69, 9.17) is 5.73 Å². The Morgan fingerprint density at radius 2 is 2.00 bits per heavy atom. The molecule has 106 valence electrons. The number of nitrogens with zero attached hydrogens (tertiary/aromatic N) is 2. The van der Waals surface area contributed by atoms with Gasteiger partial charge in [-0.05, 0) is 18.3 Å². The second kappa shape index (κ2) is 4.66. The number of nitrogen functional groups attached to an aromatic ring is 1. The van der Waals surface area contributed by atoms with E-state index < -0.39 is 0 Å². The van der Waals surface area contributed by atoms with Crippen LogP contribution in [0.2, 0.25) is 0 Å². The molecule has 0 spiro atoms. The molecule has 1 heterocycles. The van der Waals surface area contributed by atoms with Gasteiger partial charge in [-0.3, -0.25) is 0 Å². The summed E-state index contributed by atoms with van der Waals surface area (Å²) in [4.78, 5) is 8.97. The number of hydrogen-bond acceptors (Lipinski definition) is 4. The van der Waals surface area contributed by atoms with Gasteiger partial charge in [0.2, 0.25) is 0 Å². The van der Waals surface area contributed by atoms with Crippen molar-refractivity contribution < 1.29 is 0 Å². The summed E-state index contributed by atoms with van der Waals surface area (Å²) < 4.78 is 0. The first-order valence-electron chi connectivity index (χ1n) is 7.10. The molecule has 1 aromatic heterocycles. The molecule has 4 nitrogen and oxygen atoms in total. The van der Waals surface area contributed by atoms with Crippen LogP contribution in [0.3, 0.4) is 0 Å². The predicted octanol–water partition coefficient (Wildman–Crippen LogP) is 3.35. The number of rotatable bonds is 2. The number of hydrogen-bond donors (Lipinski definition) is 2. The summed E-state index contributed by atoms with van der Waals surface area (Å²) in [5.41, 5.74) is 6.14. The molecule has 0 radical (unpaired) electrons. The van der Waals surface area contributed by atoms with Crippen molar-refractivity contribution in [3.8, 4) is 0 Å². The van der Waals surface area contributed by atoms with Crippen LogP contribution in [0.1, 0.15) is 59.7 Å². The highest BCUT2D eigenvalue weighted by atomic mass is 15.1. The standard InChI is InChI=1S/C15H26N4/c1-14(2,3)13-18-11(16)9-12(19-13)17-10-7-6-8-15(10,4)5/h9-10H,6-8H2,1-5H3,(H3,16,17,18,19). The lowest BCUT2D eigenvalue weighted by Crippen LogP contribution is -2.31. The maximum atomic E-state index is 5.91. The van der Waals surface area contributed by atoms with Gasteiger partial charge in [0.15, 0.2) is 0 Å². The Bertz CT molecular complexity index is 460. The van der Waals surface area contributed by atoms with Crippen LogP contribution in [0.5, 0.6) is 0 Å². The third-order valence-electron chi connectivity index (χ3n) is 4.00. The maximum absolute atomic E-state index is 5.91. The first kappa shape index (κ1) is 14.1. The molecule has 1 unspecified atom stereocenters. The fourth-order valence-corrected chi connectivity index (χ4v) is 2.65. The Labute approximate surface area is 116 Å². The minimum atomic E-state index is -0.0863. The lowest BCUT2D eigenvalue weighted by atomic mass is 9.87. The molecule has 1 atom stereocenters. The van der Waals surface area contributed by atoms with Crippen molar-refractivity contribution in [1.82, 2.24) is 9.97 Å². The monoisotopic (exact) mass is 262 g/mol. The minimum Gasteiger partial charge on any atom is -0.384 e. The number of aromatic nitrogens is 2. The summed E-state index contributed by atoms with van der Waals surface area (Å²) in [6, 6.07) is 2.30. The van der Waals surface area contributed by atoms with E-state index in [1.807, 2.05) is 6.07 Å². The summed E-state index contributed by atoms with van der Waals surface area (Å²) in [5.74, 6) is 2.20. The van der Waals surface area contributed by atoms with Gasteiger partial charge in [0.1, 0.15) is 17.5 Å². The molecule has 1 aliphatic rings. The lowest BCUT2D eigenvalue weighted by Gasteiger charge is -2.29. The van der Waals surface area contributed by atoms with E-state index in [0.717, 1.165) is 11.6 Å². The number of nitrogens with two attached hydrogens (primary N) is 1. The van der Waals surface area contributed by atoms with E-state index in [-0.39, 0.29) is 5.41 Å². The van der Waals surface area contributed by atoms with Gasteiger partial charge in [-0.15, -0.1) is 0 Å². The first-order valence-corrected chi connectivity index (χ1v) is 7.10. The zero-order valence-corrected chi connectivity index (χ0v) is 12.7. The van der Waals surface area contributed by atoms with E-state index in [1.54, 1.807) is 0 Å². The highest BCUT2D eigenvalue weighted by Gasteiger charge is 2.34. The quantitative estimate of drug-likeness (QED) is 0.858. The Morgan fingerprint density at radius 1 is 1.32 bits per heavy atom. The van der Waals surface area contributed by atoms with Gasteiger partial charge in [0.05, 0.1) is 0 Å². The highest BCUT2D eigenvalue weighted by Crippen LogP contribution is 2.39. The fourth-order valence-electron chi connectivity index (χ4n) is 2.65. The number of anilines is 2. The van der Waals surface area contributed by atoms with Crippen LogP contribution in [0, 0.1) is 5.41 Å². The van der Waals surface area contributed by atoms with Crippen LogP contribution in [0.15, 0.2) is 6.07 Å². The molecule has 0 saturated heterocycles. The van der Waals surface area contributed by atoms with Gasteiger partial charge in [-0.2, -0.15) is 0 Å². The Morgan fingerprint density at radius 3 is 2.53 bits per heavy atom. The smallest absolute Gasteiger partial charge is 0.138 e. The van der Waals surface area contributed by atoms with Gasteiger partial charge in [-0.1, -0.05) is 41.0 Å². The summed E-state index contributed by atoms with van der Waals surface area (Å²) in [6.07, 6.45) is 3.73. The third kappa shape index (κ3) is 3.17. The number of nitrogens with one attached hydrogen (secondary N) is 1. The molecule has 2 rings (SSSR count).